The summed E-state index contributed by atoms with van der Waals surface area (Å²) in [6, 6.07) is 7.78. The molecule has 1 aromatic heterocycles. The second-order valence-electron chi connectivity index (χ2n) is 6.49. The molecule has 1 N–H and O–H groups in total. The van der Waals surface area contributed by atoms with Crippen LogP contribution in [0.25, 0.3) is 0 Å². The van der Waals surface area contributed by atoms with Crippen LogP contribution in [0.15, 0.2) is 42.6 Å². The maximum atomic E-state index is 13.0. The van der Waals surface area contributed by atoms with Crippen LogP contribution < -0.4 is 10.2 Å². The summed E-state index contributed by atoms with van der Waals surface area (Å²) in [6.07, 6.45) is -3.36. The first kappa shape index (κ1) is 20.5. The molecule has 0 atom stereocenters. The molecule has 0 unspecified atom stereocenters. The number of pyridine rings is 1. The smallest absolute Gasteiger partial charge is 0.354 e. The van der Waals surface area contributed by atoms with E-state index in [9.17, 15) is 28.1 Å². The number of anilines is 2. The lowest BCUT2D eigenvalue weighted by Gasteiger charge is -2.34. The van der Waals surface area contributed by atoms with E-state index in [0.29, 0.717) is 32.0 Å². The first-order valence-corrected chi connectivity index (χ1v) is 8.78. The summed E-state index contributed by atoms with van der Waals surface area (Å²) in [5.74, 6) is 0.0717. The molecule has 1 aliphatic heterocycles. The summed E-state index contributed by atoms with van der Waals surface area (Å²) in [5, 5.41) is 13.0. The molecular formula is C18H18F3N5O3. The standard InChI is InChI=1S/C18H18F3N5O3/c19-18(20,21)14-3-1-2-4-15(14)23-17(27)12-24-7-9-25(10-8-24)16-6-5-13(11-22-16)26(28)29/h1-6,11H,7-10,12H2,(H,23,27). The number of carbonyl (C=O) groups is 1. The van der Waals surface area contributed by atoms with Gasteiger partial charge in [-0.15, -0.1) is 0 Å². The Morgan fingerprint density at radius 2 is 1.83 bits per heavy atom. The van der Waals surface area contributed by atoms with Crippen LogP contribution in [-0.2, 0) is 11.0 Å². The van der Waals surface area contributed by atoms with E-state index in [4.69, 9.17) is 0 Å². The number of halogens is 3. The topological polar surface area (TPSA) is 91.6 Å². The normalized spacial score (nSPS) is 15.2. The number of alkyl halides is 3. The van der Waals surface area contributed by atoms with Gasteiger partial charge in [-0.25, -0.2) is 4.98 Å². The summed E-state index contributed by atoms with van der Waals surface area (Å²) >= 11 is 0. The maximum absolute atomic E-state index is 13.0. The zero-order valence-corrected chi connectivity index (χ0v) is 15.2. The monoisotopic (exact) mass is 409 g/mol. The van der Waals surface area contributed by atoms with Crippen LogP contribution in [-0.4, -0.2) is 53.4 Å². The average Bonchev–Trinajstić information content (AvgIpc) is 2.68. The van der Waals surface area contributed by atoms with E-state index < -0.39 is 22.6 Å². The lowest BCUT2D eigenvalue weighted by Crippen LogP contribution is -2.49. The predicted molar refractivity (Wildman–Crippen MR) is 99.6 cm³/mol. The minimum absolute atomic E-state index is 0.0340. The SMILES string of the molecule is O=C(CN1CCN(c2ccc([N+](=O)[O-])cn2)CC1)Nc1ccccc1C(F)(F)F. The summed E-state index contributed by atoms with van der Waals surface area (Å²) < 4.78 is 39.1. The third-order valence-electron chi connectivity index (χ3n) is 4.51. The predicted octanol–water partition coefficient (Wildman–Crippen LogP) is 2.77. The Hall–Kier alpha value is -3.21. The fourth-order valence-electron chi connectivity index (χ4n) is 3.04. The highest BCUT2D eigenvalue weighted by atomic mass is 19.4. The summed E-state index contributed by atoms with van der Waals surface area (Å²) in [7, 11) is 0. The van der Waals surface area contributed by atoms with Crippen LogP contribution in [0.2, 0.25) is 0 Å². The largest absolute Gasteiger partial charge is 0.418 e. The highest BCUT2D eigenvalue weighted by Crippen LogP contribution is 2.34. The van der Waals surface area contributed by atoms with Gasteiger partial charge in [0.1, 0.15) is 12.0 Å². The number of rotatable bonds is 5. The van der Waals surface area contributed by atoms with Gasteiger partial charge in [-0.1, -0.05) is 12.1 Å². The quantitative estimate of drug-likeness (QED) is 0.603. The molecule has 1 amide bonds. The number of hydrogen-bond donors (Lipinski definition) is 1. The van der Waals surface area contributed by atoms with Crippen molar-refractivity contribution in [2.24, 2.45) is 0 Å². The van der Waals surface area contributed by atoms with Gasteiger partial charge in [-0.2, -0.15) is 13.2 Å². The van der Waals surface area contributed by atoms with Crippen LogP contribution in [0.5, 0.6) is 0 Å². The Bertz CT molecular complexity index is 881. The second-order valence-corrected chi connectivity index (χ2v) is 6.49. The van der Waals surface area contributed by atoms with E-state index in [1.807, 2.05) is 9.80 Å². The zero-order valence-electron chi connectivity index (χ0n) is 15.2. The summed E-state index contributed by atoms with van der Waals surface area (Å²) in [4.78, 5) is 30.2. The molecule has 1 aromatic carbocycles. The summed E-state index contributed by atoms with van der Waals surface area (Å²) in [6.45, 7) is 2.06. The van der Waals surface area contributed by atoms with Crippen LogP contribution in [0, 0.1) is 10.1 Å². The number of amides is 1. The Morgan fingerprint density at radius 1 is 1.14 bits per heavy atom. The van der Waals surface area contributed by atoms with Crippen molar-refractivity contribution < 1.29 is 22.9 Å². The van der Waals surface area contributed by atoms with Gasteiger partial charge in [-0.3, -0.25) is 19.8 Å². The van der Waals surface area contributed by atoms with Gasteiger partial charge in [0.05, 0.1) is 22.7 Å². The molecule has 3 rings (SSSR count). The first-order valence-electron chi connectivity index (χ1n) is 8.78. The Morgan fingerprint density at radius 3 is 2.41 bits per heavy atom. The molecule has 154 valence electrons. The number of nitro groups is 1. The van der Waals surface area contributed by atoms with Crippen LogP contribution in [0.4, 0.5) is 30.4 Å². The molecule has 1 fully saturated rings. The van der Waals surface area contributed by atoms with Crippen molar-refractivity contribution in [1.82, 2.24) is 9.88 Å². The highest BCUT2D eigenvalue weighted by Gasteiger charge is 2.33. The van der Waals surface area contributed by atoms with Gasteiger partial charge in [0.2, 0.25) is 5.91 Å². The van der Waals surface area contributed by atoms with Gasteiger partial charge in [-0.05, 0) is 18.2 Å². The first-order chi connectivity index (χ1) is 13.7. The molecule has 29 heavy (non-hydrogen) atoms. The number of piperazine rings is 1. The number of nitrogens with zero attached hydrogens (tertiary/aromatic N) is 4. The fourth-order valence-corrected chi connectivity index (χ4v) is 3.04. The number of hydrogen-bond acceptors (Lipinski definition) is 6. The Kier molecular flexibility index (Phi) is 5.97. The van der Waals surface area contributed by atoms with Gasteiger partial charge in [0, 0.05) is 32.2 Å². The van der Waals surface area contributed by atoms with Crippen LogP contribution in [0.3, 0.4) is 0 Å². The van der Waals surface area contributed by atoms with Gasteiger partial charge in [0.15, 0.2) is 0 Å². The van der Waals surface area contributed by atoms with Crippen molar-refractivity contribution in [3.8, 4) is 0 Å². The van der Waals surface area contributed by atoms with Gasteiger partial charge >= 0.3 is 6.18 Å². The molecule has 0 aliphatic carbocycles. The lowest BCUT2D eigenvalue weighted by atomic mass is 10.1. The molecular weight excluding hydrogens is 391 g/mol. The number of para-hydroxylation sites is 1. The van der Waals surface area contributed by atoms with Crippen molar-refractivity contribution in [3.05, 3.63) is 58.3 Å². The molecule has 1 aliphatic rings. The van der Waals surface area contributed by atoms with Gasteiger partial charge < -0.3 is 10.2 Å². The zero-order chi connectivity index (χ0) is 21.0. The molecule has 11 heteroatoms. The Balaban J connectivity index is 1.53. The number of aromatic nitrogens is 1. The van der Waals surface area contributed by atoms with Crippen molar-refractivity contribution in [3.63, 3.8) is 0 Å². The van der Waals surface area contributed by atoms with E-state index in [1.54, 1.807) is 6.07 Å². The second kappa shape index (κ2) is 8.43. The van der Waals surface area contributed by atoms with Gasteiger partial charge in [0.25, 0.3) is 5.69 Å². The third kappa shape index (κ3) is 5.19. The molecule has 0 radical (unpaired) electrons. The van der Waals surface area contributed by atoms with E-state index in [0.717, 1.165) is 6.07 Å². The van der Waals surface area contributed by atoms with E-state index in [2.05, 4.69) is 10.3 Å². The van der Waals surface area contributed by atoms with Crippen molar-refractivity contribution >= 4 is 23.1 Å². The molecule has 1 saturated heterocycles. The van der Waals surface area contributed by atoms with Crippen molar-refractivity contribution in [2.75, 3.05) is 42.9 Å². The molecule has 2 aromatic rings. The molecule has 8 nitrogen and oxygen atoms in total. The van der Waals surface area contributed by atoms with Crippen LogP contribution in [0.1, 0.15) is 5.56 Å². The fraction of sp³-hybridized carbons (Fsp3) is 0.333. The van der Waals surface area contributed by atoms with Crippen LogP contribution >= 0.6 is 0 Å². The van der Waals surface area contributed by atoms with Crippen molar-refractivity contribution in [2.45, 2.75) is 6.18 Å². The lowest BCUT2D eigenvalue weighted by molar-refractivity contribution is -0.385. The van der Waals surface area contributed by atoms with Crippen molar-refractivity contribution in [1.29, 1.82) is 0 Å². The molecule has 0 saturated carbocycles. The van der Waals surface area contributed by atoms with E-state index in [1.165, 1.54) is 30.5 Å². The minimum atomic E-state index is -4.55. The van der Waals surface area contributed by atoms with E-state index >= 15 is 0 Å². The third-order valence-corrected chi connectivity index (χ3v) is 4.51. The number of carbonyl (C=O) groups excluding carboxylic acids is 1. The molecule has 2 heterocycles. The average molecular weight is 409 g/mol. The summed E-state index contributed by atoms with van der Waals surface area (Å²) in [5.41, 5.74) is -1.25. The molecule has 0 spiro atoms. The number of nitrogens with one attached hydrogen (secondary N) is 1. The minimum Gasteiger partial charge on any atom is -0.354 e. The highest BCUT2D eigenvalue weighted by molar-refractivity contribution is 5.93. The Labute approximate surface area is 164 Å². The maximum Gasteiger partial charge on any atom is 0.418 e. The van der Waals surface area contributed by atoms with E-state index in [-0.39, 0.29) is 17.9 Å². The molecule has 0 bridgehead atoms. The number of benzene rings is 1.